The summed E-state index contributed by atoms with van der Waals surface area (Å²) >= 11 is 0. The lowest BCUT2D eigenvalue weighted by Crippen LogP contribution is -2.27. The van der Waals surface area contributed by atoms with Gasteiger partial charge in [-0.05, 0) is 36.7 Å². The van der Waals surface area contributed by atoms with E-state index < -0.39 is 0 Å². The number of hydrogen-bond acceptors (Lipinski definition) is 3. The standard InChI is InChI=1S/C14H23FN2O/c1-3-17(5-6-18-4-2)11-13-7-12(10-16)8-14(15)9-13/h7-9H,3-6,10-11,16H2,1-2H3. The summed E-state index contributed by atoms with van der Waals surface area (Å²) in [6.07, 6.45) is 0. The van der Waals surface area contributed by atoms with Crippen LogP contribution in [0.25, 0.3) is 0 Å². The van der Waals surface area contributed by atoms with Crippen molar-refractivity contribution in [2.75, 3.05) is 26.3 Å². The van der Waals surface area contributed by atoms with E-state index in [0.29, 0.717) is 13.2 Å². The molecule has 0 aliphatic heterocycles. The summed E-state index contributed by atoms with van der Waals surface area (Å²) < 4.78 is 18.7. The predicted octanol–water partition coefficient (Wildman–Crippen LogP) is 2.14. The molecule has 0 heterocycles. The van der Waals surface area contributed by atoms with E-state index in [9.17, 15) is 4.39 Å². The Kier molecular flexibility index (Phi) is 6.86. The van der Waals surface area contributed by atoms with Crippen LogP contribution in [0.2, 0.25) is 0 Å². The molecule has 0 aromatic heterocycles. The smallest absolute Gasteiger partial charge is 0.123 e. The second kappa shape index (κ2) is 8.19. The van der Waals surface area contributed by atoms with Crippen molar-refractivity contribution < 1.29 is 9.13 Å². The maximum Gasteiger partial charge on any atom is 0.123 e. The molecule has 4 heteroatoms. The third-order valence-electron chi connectivity index (χ3n) is 2.86. The van der Waals surface area contributed by atoms with Crippen molar-refractivity contribution in [3.05, 3.63) is 35.1 Å². The number of ether oxygens (including phenoxy) is 1. The molecule has 2 N–H and O–H groups in total. The zero-order valence-electron chi connectivity index (χ0n) is 11.3. The second-order valence-corrected chi connectivity index (χ2v) is 4.24. The Labute approximate surface area is 109 Å². The van der Waals surface area contributed by atoms with E-state index in [1.54, 1.807) is 6.07 Å². The molecule has 0 fully saturated rings. The van der Waals surface area contributed by atoms with Gasteiger partial charge < -0.3 is 10.5 Å². The first-order chi connectivity index (χ1) is 8.69. The first-order valence-electron chi connectivity index (χ1n) is 6.48. The number of hydrogen-bond donors (Lipinski definition) is 1. The first-order valence-corrected chi connectivity index (χ1v) is 6.48. The molecule has 0 bridgehead atoms. The topological polar surface area (TPSA) is 38.5 Å². The van der Waals surface area contributed by atoms with Crippen LogP contribution < -0.4 is 5.73 Å². The van der Waals surface area contributed by atoms with Gasteiger partial charge in [0.2, 0.25) is 0 Å². The molecule has 1 aromatic carbocycles. The molecule has 3 nitrogen and oxygen atoms in total. The molecule has 1 aromatic rings. The van der Waals surface area contributed by atoms with Gasteiger partial charge in [-0.15, -0.1) is 0 Å². The van der Waals surface area contributed by atoms with Gasteiger partial charge in [0.15, 0.2) is 0 Å². The normalized spacial score (nSPS) is 11.2. The van der Waals surface area contributed by atoms with E-state index in [1.807, 2.05) is 13.0 Å². The molecule has 0 atom stereocenters. The number of nitrogens with two attached hydrogens (primary N) is 1. The van der Waals surface area contributed by atoms with Crippen molar-refractivity contribution in [1.29, 1.82) is 0 Å². The van der Waals surface area contributed by atoms with Gasteiger partial charge in [-0.1, -0.05) is 13.0 Å². The van der Waals surface area contributed by atoms with Gasteiger partial charge in [0.1, 0.15) is 5.82 Å². The Hall–Kier alpha value is -0.970. The number of likely N-dealkylation sites (N-methyl/N-ethyl adjacent to an activating group) is 1. The third-order valence-corrected chi connectivity index (χ3v) is 2.86. The lowest BCUT2D eigenvalue weighted by molar-refractivity contribution is 0.113. The summed E-state index contributed by atoms with van der Waals surface area (Å²) in [5.74, 6) is -0.214. The molecule has 0 radical (unpaired) electrons. The van der Waals surface area contributed by atoms with E-state index in [0.717, 1.165) is 37.4 Å². The van der Waals surface area contributed by atoms with Crippen LogP contribution >= 0.6 is 0 Å². The van der Waals surface area contributed by atoms with Crippen molar-refractivity contribution in [3.63, 3.8) is 0 Å². The average Bonchev–Trinajstić information content (AvgIpc) is 2.37. The van der Waals surface area contributed by atoms with Crippen LogP contribution in [0, 0.1) is 5.82 Å². The molecular weight excluding hydrogens is 231 g/mol. The zero-order valence-corrected chi connectivity index (χ0v) is 11.3. The van der Waals surface area contributed by atoms with Gasteiger partial charge in [0.05, 0.1) is 6.61 Å². The van der Waals surface area contributed by atoms with Gasteiger partial charge in [-0.3, -0.25) is 4.90 Å². The van der Waals surface area contributed by atoms with E-state index in [-0.39, 0.29) is 5.82 Å². The Morgan fingerprint density at radius 1 is 1.22 bits per heavy atom. The van der Waals surface area contributed by atoms with Crippen molar-refractivity contribution in [1.82, 2.24) is 4.90 Å². The molecular formula is C14H23FN2O. The lowest BCUT2D eigenvalue weighted by Gasteiger charge is -2.20. The van der Waals surface area contributed by atoms with E-state index >= 15 is 0 Å². The summed E-state index contributed by atoms with van der Waals surface area (Å²) in [6.45, 7) is 8.40. The van der Waals surface area contributed by atoms with Crippen LogP contribution in [-0.4, -0.2) is 31.2 Å². The van der Waals surface area contributed by atoms with Crippen LogP contribution in [-0.2, 0) is 17.8 Å². The van der Waals surface area contributed by atoms with Crippen molar-refractivity contribution in [3.8, 4) is 0 Å². The molecule has 0 amide bonds. The summed E-state index contributed by atoms with van der Waals surface area (Å²) in [4.78, 5) is 2.23. The molecule has 0 aliphatic rings. The number of nitrogens with zero attached hydrogens (tertiary/aromatic N) is 1. The summed E-state index contributed by atoms with van der Waals surface area (Å²) in [7, 11) is 0. The van der Waals surface area contributed by atoms with Gasteiger partial charge >= 0.3 is 0 Å². The minimum Gasteiger partial charge on any atom is -0.380 e. The fraction of sp³-hybridized carbons (Fsp3) is 0.571. The van der Waals surface area contributed by atoms with Crippen LogP contribution in [0.1, 0.15) is 25.0 Å². The molecule has 1 rings (SSSR count). The molecule has 0 unspecified atom stereocenters. The quantitative estimate of drug-likeness (QED) is 0.722. The minimum absolute atomic E-state index is 0.214. The highest BCUT2D eigenvalue weighted by molar-refractivity contribution is 5.24. The SMILES string of the molecule is CCOCCN(CC)Cc1cc(F)cc(CN)c1. The summed E-state index contributed by atoms with van der Waals surface area (Å²) in [6, 6.07) is 5.02. The minimum atomic E-state index is -0.214. The highest BCUT2D eigenvalue weighted by atomic mass is 19.1. The fourth-order valence-electron chi connectivity index (χ4n) is 1.87. The summed E-state index contributed by atoms with van der Waals surface area (Å²) in [5.41, 5.74) is 7.35. The zero-order chi connectivity index (χ0) is 13.4. The van der Waals surface area contributed by atoms with Gasteiger partial charge in [-0.2, -0.15) is 0 Å². The lowest BCUT2D eigenvalue weighted by atomic mass is 10.1. The van der Waals surface area contributed by atoms with Crippen LogP contribution in [0.3, 0.4) is 0 Å². The van der Waals surface area contributed by atoms with Gasteiger partial charge in [0, 0.05) is 26.2 Å². The monoisotopic (exact) mass is 254 g/mol. The molecule has 18 heavy (non-hydrogen) atoms. The van der Waals surface area contributed by atoms with Crippen molar-refractivity contribution in [2.45, 2.75) is 26.9 Å². The molecule has 0 spiro atoms. The van der Waals surface area contributed by atoms with E-state index in [4.69, 9.17) is 10.5 Å². The fourth-order valence-corrected chi connectivity index (χ4v) is 1.87. The Morgan fingerprint density at radius 3 is 2.56 bits per heavy atom. The number of rotatable bonds is 8. The molecule has 102 valence electrons. The largest absolute Gasteiger partial charge is 0.380 e. The number of benzene rings is 1. The second-order valence-electron chi connectivity index (χ2n) is 4.24. The van der Waals surface area contributed by atoms with E-state index in [1.165, 1.54) is 6.07 Å². The highest BCUT2D eigenvalue weighted by Gasteiger charge is 2.06. The maximum absolute atomic E-state index is 13.4. The van der Waals surface area contributed by atoms with Gasteiger partial charge in [0.25, 0.3) is 0 Å². The van der Waals surface area contributed by atoms with Crippen molar-refractivity contribution in [2.24, 2.45) is 5.73 Å². The third kappa shape index (κ3) is 5.12. The van der Waals surface area contributed by atoms with E-state index in [2.05, 4.69) is 11.8 Å². The Bertz CT molecular complexity index is 358. The summed E-state index contributed by atoms with van der Waals surface area (Å²) in [5, 5.41) is 0. The van der Waals surface area contributed by atoms with Crippen molar-refractivity contribution >= 4 is 0 Å². The first kappa shape index (κ1) is 15.1. The average molecular weight is 254 g/mol. The predicted molar refractivity (Wildman–Crippen MR) is 71.7 cm³/mol. The van der Waals surface area contributed by atoms with Crippen LogP contribution in [0.4, 0.5) is 4.39 Å². The number of halogens is 1. The van der Waals surface area contributed by atoms with Gasteiger partial charge in [-0.25, -0.2) is 4.39 Å². The highest BCUT2D eigenvalue weighted by Crippen LogP contribution is 2.11. The molecule has 0 saturated heterocycles. The molecule has 0 saturated carbocycles. The van der Waals surface area contributed by atoms with Crippen LogP contribution in [0.15, 0.2) is 18.2 Å². The molecule has 0 aliphatic carbocycles. The van der Waals surface area contributed by atoms with Crippen LogP contribution in [0.5, 0.6) is 0 Å². The Morgan fingerprint density at radius 2 is 1.94 bits per heavy atom. The maximum atomic E-state index is 13.4. The Balaban J connectivity index is 2.60.